The molecule has 33 heavy (non-hydrogen) atoms. The Kier molecular flexibility index (Phi) is 6.03. The second-order valence-electron chi connectivity index (χ2n) is 9.06. The summed E-state index contributed by atoms with van der Waals surface area (Å²) in [5, 5.41) is 6.39. The molecule has 1 atom stereocenters. The van der Waals surface area contributed by atoms with Crippen molar-refractivity contribution in [3.8, 4) is 0 Å². The lowest BCUT2D eigenvalue weighted by molar-refractivity contribution is 0.0940. The molecular formula is C25H27N5O2S. The molecule has 8 heteroatoms. The van der Waals surface area contributed by atoms with Crippen molar-refractivity contribution in [3.05, 3.63) is 77.2 Å². The molecule has 0 radical (unpaired) electrons. The van der Waals surface area contributed by atoms with Gasteiger partial charge in [0.05, 0.1) is 16.3 Å². The van der Waals surface area contributed by atoms with Crippen molar-refractivity contribution in [3.63, 3.8) is 0 Å². The number of carbonyl (C=O) groups excluding carboxylic acids is 2. The average Bonchev–Trinajstić information content (AvgIpc) is 3.32. The number of carbonyl (C=O) groups is 2. The number of nitrogens with zero attached hydrogens (tertiary/aromatic N) is 3. The summed E-state index contributed by atoms with van der Waals surface area (Å²) in [6.45, 7) is 10.1. The van der Waals surface area contributed by atoms with Gasteiger partial charge in [0, 0.05) is 29.7 Å². The minimum atomic E-state index is -0.294. The first-order chi connectivity index (χ1) is 15.6. The van der Waals surface area contributed by atoms with Gasteiger partial charge in [-0.05, 0) is 58.4 Å². The first kappa shape index (κ1) is 22.7. The second-order valence-corrected chi connectivity index (χ2v) is 10.1. The molecule has 3 heterocycles. The highest BCUT2D eigenvalue weighted by Gasteiger charge is 2.26. The molecule has 3 aromatic heterocycles. The number of rotatable bonds is 5. The van der Waals surface area contributed by atoms with Crippen LogP contribution in [0.4, 0.5) is 5.13 Å². The van der Waals surface area contributed by atoms with E-state index in [9.17, 15) is 9.59 Å². The summed E-state index contributed by atoms with van der Waals surface area (Å²) in [4.78, 5) is 34.7. The number of fused-ring (bicyclic) bond motifs is 1. The first-order valence-electron chi connectivity index (χ1n) is 10.7. The Bertz CT molecular complexity index is 1300. The molecule has 2 N–H and O–H groups in total. The summed E-state index contributed by atoms with van der Waals surface area (Å²) >= 11 is 1.30. The number of hydrogen-bond acceptors (Lipinski definition) is 5. The van der Waals surface area contributed by atoms with Crippen molar-refractivity contribution in [1.82, 2.24) is 19.9 Å². The minimum absolute atomic E-state index is 0.195. The van der Waals surface area contributed by atoms with E-state index in [2.05, 4.69) is 41.4 Å². The van der Waals surface area contributed by atoms with Crippen molar-refractivity contribution in [2.75, 3.05) is 5.32 Å². The van der Waals surface area contributed by atoms with E-state index < -0.39 is 0 Å². The molecule has 0 aliphatic carbocycles. The standard InChI is InChI=1S/C25H27N5O2S/c1-15-8-10-17(11-9-15)22(31)29-24-28-21-20(33-24)19(14-30(21)25(3,4)5)23(32)27-16(2)18-7-6-12-26-13-18/h6-14,16H,1-5H3,(H,27,32)(H,28,29,31). The van der Waals surface area contributed by atoms with Crippen LogP contribution in [-0.4, -0.2) is 26.3 Å². The van der Waals surface area contributed by atoms with E-state index >= 15 is 0 Å². The maximum absolute atomic E-state index is 13.2. The lowest BCUT2D eigenvalue weighted by Gasteiger charge is -2.21. The van der Waals surface area contributed by atoms with E-state index in [1.54, 1.807) is 24.5 Å². The monoisotopic (exact) mass is 461 g/mol. The number of amides is 2. The fraction of sp³-hybridized carbons (Fsp3) is 0.280. The van der Waals surface area contributed by atoms with Gasteiger partial charge >= 0.3 is 0 Å². The molecule has 0 bridgehead atoms. The number of nitrogens with one attached hydrogen (secondary N) is 2. The van der Waals surface area contributed by atoms with Crippen LogP contribution in [0.25, 0.3) is 10.3 Å². The van der Waals surface area contributed by atoms with Crippen molar-refractivity contribution in [1.29, 1.82) is 0 Å². The predicted octanol–water partition coefficient (Wildman–Crippen LogP) is 5.30. The number of thiazole rings is 1. The Morgan fingerprint density at radius 1 is 1.09 bits per heavy atom. The number of hydrogen-bond donors (Lipinski definition) is 2. The molecule has 1 aromatic carbocycles. The van der Waals surface area contributed by atoms with E-state index in [1.807, 2.05) is 48.9 Å². The quantitative estimate of drug-likeness (QED) is 0.422. The largest absolute Gasteiger partial charge is 0.345 e. The average molecular weight is 462 g/mol. The minimum Gasteiger partial charge on any atom is -0.345 e. The number of anilines is 1. The van der Waals surface area contributed by atoms with Crippen LogP contribution in [0.1, 0.15) is 65.6 Å². The maximum Gasteiger partial charge on any atom is 0.257 e. The van der Waals surface area contributed by atoms with Gasteiger partial charge in [-0.2, -0.15) is 0 Å². The molecule has 7 nitrogen and oxygen atoms in total. The van der Waals surface area contributed by atoms with Gasteiger partial charge < -0.3 is 9.88 Å². The van der Waals surface area contributed by atoms with Crippen LogP contribution in [0.2, 0.25) is 0 Å². The zero-order valence-corrected chi connectivity index (χ0v) is 20.2. The fourth-order valence-electron chi connectivity index (χ4n) is 3.49. The lowest BCUT2D eigenvalue weighted by atomic mass is 10.1. The third-order valence-corrected chi connectivity index (χ3v) is 6.37. The van der Waals surface area contributed by atoms with Crippen molar-refractivity contribution < 1.29 is 9.59 Å². The number of aromatic nitrogens is 3. The van der Waals surface area contributed by atoms with Crippen LogP contribution < -0.4 is 10.6 Å². The maximum atomic E-state index is 13.2. The van der Waals surface area contributed by atoms with Crippen molar-refractivity contribution in [2.45, 2.75) is 46.2 Å². The van der Waals surface area contributed by atoms with Gasteiger partial charge in [0.25, 0.3) is 11.8 Å². The van der Waals surface area contributed by atoms with Crippen LogP contribution in [0.3, 0.4) is 0 Å². The Hall–Kier alpha value is -3.52. The van der Waals surface area contributed by atoms with Crippen LogP contribution >= 0.6 is 11.3 Å². The van der Waals surface area contributed by atoms with Crippen LogP contribution in [0.15, 0.2) is 55.0 Å². The summed E-state index contributed by atoms with van der Waals surface area (Å²) in [7, 11) is 0. The SMILES string of the molecule is Cc1ccc(C(=O)Nc2nc3c(s2)c(C(=O)NC(C)c2cccnc2)cn3C(C)(C)C)cc1. The summed E-state index contributed by atoms with van der Waals surface area (Å²) in [6.07, 6.45) is 5.28. The molecular weight excluding hydrogens is 434 g/mol. The van der Waals surface area contributed by atoms with E-state index in [0.717, 1.165) is 15.8 Å². The Morgan fingerprint density at radius 3 is 2.45 bits per heavy atom. The van der Waals surface area contributed by atoms with Crippen LogP contribution in [-0.2, 0) is 5.54 Å². The first-order valence-corrected chi connectivity index (χ1v) is 11.6. The fourth-order valence-corrected chi connectivity index (χ4v) is 4.45. The van der Waals surface area contributed by atoms with Gasteiger partial charge in [-0.15, -0.1) is 0 Å². The summed E-state index contributed by atoms with van der Waals surface area (Å²) in [5.74, 6) is -0.427. The number of benzene rings is 1. The molecule has 0 fully saturated rings. The molecule has 0 aliphatic rings. The van der Waals surface area contributed by atoms with Crippen molar-refractivity contribution in [2.24, 2.45) is 0 Å². The Balaban J connectivity index is 1.65. The summed E-state index contributed by atoms with van der Waals surface area (Å²) < 4.78 is 2.71. The highest BCUT2D eigenvalue weighted by Crippen LogP contribution is 2.34. The predicted molar refractivity (Wildman–Crippen MR) is 132 cm³/mol. The smallest absolute Gasteiger partial charge is 0.257 e. The van der Waals surface area contributed by atoms with Crippen molar-refractivity contribution >= 4 is 38.6 Å². The molecule has 170 valence electrons. The van der Waals surface area contributed by atoms with E-state index in [4.69, 9.17) is 0 Å². The topological polar surface area (TPSA) is 88.9 Å². The highest BCUT2D eigenvalue weighted by molar-refractivity contribution is 7.22. The normalized spacial score (nSPS) is 12.5. The van der Waals surface area contributed by atoms with Gasteiger partial charge in [-0.1, -0.05) is 35.1 Å². The molecule has 4 aromatic rings. The van der Waals surface area contributed by atoms with Crippen LogP contribution in [0, 0.1) is 6.92 Å². The molecule has 1 unspecified atom stereocenters. The van der Waals surface area contributed by atoms with Gasteiger partial charge in [0.15, 0.2) is 10.8 Å². The Labute approximate surface area is 196 Å². The van der Waals surface area contributed by atoms with E-state index in [-0.39, 0.29) is 23.4 Å². The molecule has 0 spiro atoms. The van der Waals surface area contributed by atoms with E-state index in [0.29, 0.717) is 21.9 Å². The summed E-state index contributed by atoms with van der Waals surface area (Å²) in [6, 6.07) is 10.9. The van der Waals surface area contributed by atoms with Gasteiger partial charge in [-0.25, -0.2) is 4.98 Å². The second kappa shape index (κ2) is 8.78. The highest BCUT2D eigenvalue weighted by atomic mass is 32.1. The van der Waals surface area contributed by atoms with Gasteiger partial charge in [0.2, 0.25) is 0 Å². The molecule has 0 saturated heterocycles. The zero-order chi connectivity index (χ0) is 23.8. The molecule has 4 rings (SSSR count). The lowest BCUT2D eigenvalue weighted by Crippen LogP contribution is -2.27. The Morgan fingerprint density at radius 2 is 1.82 bits per heavy atom. The van der Waals surface area contributed by atoms with Gasteiger partial charge in [-0.3, -0.25) is 19.9 Å². The molecule has 0 saturated carbocycles. The molecule has 2 amide bonds. The number of aryl methyl sites for hydroxylation is 1. The zero-order valence-electron chi connectivity index (χ0n) is 19.3. The third kappa shape index (κ3) is 4.80. The molecule has 0 aliphatic heterocycles. The van der Waals surface area contributed by atoms with E-state index in [1.165, 1.54) is 11.3 Å². The summed E-state index contributed by atoms with van der Waals surface area (Å²) in [5.41, 5.74) is 3.48. The van der Waals surface area contributed by atoms with Crippen LogP contribution in [0.5, 0.6) is 0 Å². The number of pyridine rings is 1. The third-order valence-electron chi connectivity index (χ3n) is 5.37. The van der Waals surface area contributed by atoms with Gasteiger partial charge in [0.1, 0.15) is 0 Å².